The molecule has 21 heavy (non-hydrogen) atoms. The Morgan fingerprint density at radius 1 is 1.38 bits per heavy atom. The maximum absolute atomic E-state index is 13.8. The number of hydrogen-bond acceptors (Lipinski definition) is 3. The van der Waals surface area contributed by atoms with E-state index in [2.05, 4.69) is 19.2 Å². The second-order valence-electron chi connectivity index (χ2n) is 5.56. The van der Waals surface area contributed by atoms with Crippen molar-refractivity contribution in [3.63, 3.8) is 0 Å². The summed E-state index contributed by atoms with van der Waals surface area (Å²) in [5, 5.41) is 4.25. The van der Waals surface area contributed by atoms with Crippen LogP contribution in [0, 0.1) is 5.82 Å². The van der Waals surface area contributed by atoms with Crippen LogP contribution in [0.1, 0.15) is 45.4 Å². The molecule has 116 valence electrons. The number of para-hydroxylation sites is 1. The van der Waals surface area contributed by atoms with Crippen molar-refractivity contribution in [1.29, 1.82) is 0 Å². The predicted octanol–water partition coefficient (Wildman–Crippen LogP) is 4.43. The maximum Gasteiger partial charge on any atom is 0.169 e. The highest BCUT2D eigenvalue weighted by Crippen LogP contribution is 2.35. The smallest absolute Gasteiger partial charge is 0.169 e. The summed E-state index contributed by atoms with van der Waals surface area (Å²) >= 11 is 0. The van der Waals surface area contributed by atoms with E-state index in [4.69, 9.17) is 9.15 Å². The molecule has 1 N–H and O–H groups in total. The molecule has 0 aliphatic carbocycles. The zero-order chi connectivity index (χ0) is 15.5. The quantitative estimate of drug-likeness (QED) is 0.820. The van der Waals surface area contributed by atoms with Crippen molar-refractivity contribution in [2.75, 3.05) is 13.7 Å². The first-order chi connectivity index (χ1) is 10.1. The highest BCUT2D eigenvalue weighted by Gasteiger charge is 2.36. The molecule has 0 fully saturated rings. The van der Waals surface area contributed by atoms with Gasteiger partial charge in [0.1, 0.15) is 5.76 Å². The summed E-state index contributed by atoms with van der Waals surface area (Å²) in [7, 11) is 1.70. The number of furan rings is 1. The molecule has 0 aliphatic heterocycles. The normalized spacial score (nSPS) is 16.0. The van der Waals surface area contributed by atoms with Gasteiger partial charge in [-0.05, 0) is 38.4 Å². The van der Waals surface area contributed by atoms with Crippen molar-refractivity contribution >= 4 is 11.0 Å². The van der Waals surface area contributed by atoms with Gasteiger partial charge >= 0.3 is 0 Å². The minimum atomic E-state index is -0.403. The van der Waals surface area contributed by atoms with Gasteiger partial charge in [0.2, 0.25) is 0 Å². The van der Waals surface area contributed by atoms with Crippen molar-refractivity contribution in [2.45, 2.75) is 45.3 Å². The van der Waals surface area contributed by atoms with Crippen LogP contribution in [0.4, 0.5) is 4.39 Å². The molecule has 2 atom stereocenters. The molecule has 0 saturated carbocycles. The van der Waals surface area contributed by atoms with E-state index < -0.39 is 5.60 Å². The molecule has 0 saturated heterocycles. The van der Waals surface area contributed by atoms with Crippen LogP contribution >= 0.6 is 0 Å². The number of fused-ring (bicyclic) bond motifs is 1. The van der Waals surface area contributed by atoms with Crippen molar-refractivity contribution in [2.24, 2.45) is 0 Å². The highest BCUT2D eigenvalue weighted by molar-refractivity contribution is 5.78. The Morgan fingerprint density at radius 3 is 2.71 bits per heavy atom. The molecule has 0 aliphatic rings. The molecule has 0 spiro atoms. The van der Waals surface area contributed by atoms with Gasteiger partial charge in [-0.1, -0.05) is 26.0 Å². The van der Waals surface area contributed by atoms with E-state index in [1.165, 1.54) is 6.07 Å². The average Bonchev–Trinajstić information content (AvgIpc) is 2.92. The van der Waals surface area contributed by atoms with Gasteiger partial charge in [-0.25, -0.2) is 4.39 Å². The number of nitrogens with one attached hydrogen (secondary N) is 1. The van der Waals surface area contributed by atoms with Gasteiger partial charge in [0.15, 0.2) is 11.4 Å². The standard InChI is InChI=1S/C17H24FNO2/c1-5-10-19-16(17(3,6-2)20-4)14-11-12-8-7-9-13(18)15(12)21-14/h7-9,11,16,19H,5-6,10H2,1-4H3. The summed E-state index contributed by atoms with van der Waals surface area (Å²) in [6.07, 6.45) is 1.83. The summed E-state index contributed by atoms with van der Waals surface area (Å²) in [4.78, 5) is 0. The van der Waals surface area contributed by atoms with Crippen LogP contribution < -0.4 is 5.32 Å². The largest absolute Gasteiger partial charge is 0.456 e. The average molecular weight is 293 g/mol. The van der Waals surface area contributed by atoms with Gasteiger partial charge in [-0.3, -0.25) is 0 Å². The van der Waals surface area contributed by atoms with Gasteiger partial charge < -0.3 is 14.5 Å². The molecule has 2 unspecified atom stereocenters. The molecule has 1 heterocycles. The first-order valence-electron chi connectivity index (χ1n) is 7.52. The van der Waals surface area contributed by atoms with Crippen molar-refractivity contribution in [1.82, 2.24) is 5.32 Å². The van der Waals surface area contributed by atoms with E-state index in [0.717, 1.165) is 30.5 Å². The molecular weight excluding hydrogens is 269 g/mol. The second kappa shape index (κ2) is 6.58. The Labute approximate surface area is 125 Å². The van der Waals surface area contributed by atoms with Gasteiger partial charge in [-0.15, -0.1) is 0 Å². The Balaban J connectivity index is 2.45. The molecule has 1 aromatic heterocycles. The van der Waals surface area contributed by atoms with Crippen molar-refractivity contribution in [3.8, 4) is 0 Å². The summed E-state index contributed by atoms with van der Waals surface area (Å²) in [6.45, 7) is 7.08. The number of hydrogen-bond donors (Lipinski definition) is 1. The van der Waals surface area contributed by atoms with Crippen molar-refractivity contribution in [3.05, 3.63) is 35.8 Å². The second-order valence-corrected chi connectivity index (χ2v) is 5.56. The fourth-order valence-electron chi connectivity index (χ4n) is 2.56. The molecule has 0 bridgehead atoms. The van der Waals surface area contributed by atoms with Gasteiger partial charge in [0.25, 0.3) is 0 Å². The topological polar surface area (TPSA) is 34.4 Å². The summed E-state index contributed by atoms with van der Waals surface area (Å²) in [6, 6.07) is 6.76. The fraction of sp³-hybridized carbons (Fsp3) is 0.529. The number of methoxy groups -OCH3 is 1. The Bertz CT molecular complexity index is 589. The summed E-state index contributed by atoms with van der Waals surface area (Å²) < 4.78 is 25.3. The van der Waals surface area contributed by atoms with E-state index >= 15 is 0 Å². The lowest BCUT2D eigenvalue weighted by Gasteiger charge is -2.35. The van der Waals surface area contributed by atoms with Crippen LogP contribution in [0.3, 0.4) is 0 Å². The Kier molecular flexibility index (Phi) is 5.01. The molecule has 1 aromatic carbocycles. The van der Waals surface area contributed by atoms with Crippen LogP contribution in [0.25, 0.3) is 11.0 Å². The number of halogens is 1. The zero-order valence-corrected chi connectivity index (χ0v) is 13.2. The van der Waals surface area contributed by atoms with Crippen LogP contribution in [-0.4, -0.2) is 19.3 Å². The number of benzene rings is 1. The molecule has 3 nitrogen and oxygen atoms in total. The van der Waals surface area contributed by atoms with Gasteiger partial charge in [-0.2, -0.15) is 0 Å². The minimum Gasteiger partial charge on any atom is -0.456 e. The van der Waals surface area contributed by atoms with Crippen molar-refractivity contribution < 1.29 is 13.5 Å². The Morgan fingerprint density at radius 2 is 2.14 bits per heavy atom. The summed E-state index contributed by atoms with van der Waals surface area (Å²) in [5.41, 5.74) is -0.0927. The lowest BCUT2D eigenvalue weighted by atomic mass is 9.91. The fourth-order valence-corrected chi connectivity index (χ4v) is 2.56. The van der Waals surface area contributed by atoms with Crippen LogP contribution in [0.5, 0.6) is 0 Å². The molecule has 2 aromatic rings. The third-order valence-electron chi connectivity index (χ3n) is 4.18. The lowest BCUT2D eigenvalue weighted by Crippen LogP contribution is -2.43. The molecule has 4 heteroatoms. The van der Waals surface area contributed by atoms with Gasteiger partial charge in [0.05, 0.1) is 11.6 Å². The molecule has 0 radical (unpaired) electrons. The first-order valence-corrected chi connectivity index (χ1v) is 7.52. The molecule has 0 amide bonds. The van der Waals surface area contributed by atoms with E-state index in [0.29, 0.717) is 5.58 Å². The number of ether oxygens (including phenoxy) is 1. The van der Waals surface area contributed by atoms with E-state index in [9.17, 15) is 4.39 Å². The van der Waals surface area contributed by atoms with E-state index in [1.54, 1.807) is 13.2 Å². The SMILES string of the molecule is CCCNC(c1cc2cccc(F)c2o1)C(C)(CC)OC. The minimum absolute atomic E-state index is 0.112. The van der Waals surface area contributed by atoms with Crippen LogP contribution in [0.15, 0.2) is 28.7 Å². The third kappa shape index (κ3) is 3.11. The Hall–Kier alpha value is -1.39. The zero-order valence-electron chi connectivity index (χ0n) is 13.2. The number of rotatable bonds is 7. The highest BCUT2D eigenvalue weighted by atomic mass is 19.1. The monoisotopic (exact) mass is 293 g/mol. The lowest BCUT2D eigenvalue weighted by molar-refractivity contribution is -0.0350. The van der Waals surface area contributed by atoms with Crippen LogP contribution in [0.2, 0.25) is 0 Å². The maximum atomic E-state index is 13.8. The third-order valence-corrected chi connectivity index (χ3v) is 4.18. The predicted molar refractivity (Wildman–Crippen MR) is 82.9 cm³/mol. The molecular formula is C17H24FNO2. The first kappa shape index (κ1) is 16.0. The van der Waals surface area contributed by atoms with Crippen LogP contribution in [-0.2, 0) is 4.74 Å². The van der Waals surface area contributed by atoms with Gasteiger partial charge in [0, 0.05) is 12.5 Å². The summed E-state index contributed by atoms with van der Waals surface area (Å²) in [5.74, 6) is 0.387. The molecule has 2 rings (SSSR count). The van der Waals surface area contributed by atoms with E-state index in [1.807, 2.05) is 19.1 Å². The van der Waals surface area contributed by atoms with E-state index in [-0.39, 0.29) is 11.9 Å².